The molecule has 0 rings (SSSR count). The average molecular weight is 654 g/mol. The number of rotatable bonds is 3. The van der Waals surface area contributed by atoms with Gasteiger partial charge in [-0.05, 0) is 20.8 Å². The van der Waals surface area contributed by atoms with Crippen LogP contribution in [0.2, 0.25) is 0 Å². The normalized spacial score (nSPS) is 12.0. The Balaban J connectivity index is -0.0000000596. The predicted octanol–water partition coefficient (Wildman–Crippen LogP) is 10.5. The van der Waals surface area contributed by atoms with Crippen LogP contribution in [0.25, 0.3) is 0 Å². The molecule has 0 radical (unpaired) electrons. The van der Waals surface area contributed by atoms with E-state index in [9.17, 15) is 104 Å². The fraction of sp³-hybridized carbons (Fsp3) is 1.00. The van der Waals surface area contributed by atoms with Crippen molar-refractivity contribution in [1.82, 2.24) is 0 Å². The predicted molar refractivity (Wildman–Crippen MR) is 106 cm³/mol. The Kier molecular flexibility index (Phi) is 32.2. The molecule has 31 heteroatoms. The molecular formula is C7H18B6F24P-5. The summed E-state index contributed by atoms with van der Waals surface area (Å²) in [5, 5.41) is 0. The minimum atomic E-state index is -6.00. The highest BCUT2D eigenvalue weighted by atomic mass is 31.2. The molecule has 0 N–H and O–H groups in total. The molecule has 0 saturated carbocycles. The highest BCUT2D eigenvalue weighted by Crippen LogP contribution is 2.53. The summed E-state index contributed by atoms with van der Waals surface area (Å²) in [7, 11) is -36.4. The van der Waals surface area contributed by atoms with Gasteiger partial charge in [-0.3, -0.25) is 0 Å². The van der Waals surface area contributed by atoms with Crippen molar-refractivity contribution in [2.24, 2.45) is 0 Å². The van der Waals surface area contributed by atoms with Gasteiger partial charge in [-0.1, -0.05) is 0 Å². The first-order valence-corrected chi connectivity index (χ1v) is 11.5. The molecule has 0 nitrogen and oxygen atoms in total. The van der Waals surface area contributed by atoms with Crippen molar-refractivity contribution in [2.45, 2.75) is 20.8 Å². The Labute approximate surface area is 201 Å². The zero-order valence-corrected chi connectivity index (χ0v) is 20.0. The van der Waals surface area contributed by atoms with Gasteiger partial charge in [-0.2, -0.15) is 0 Å². The zero-order valence-electron chi connectivity index (χ0n) is 19.1. The van der Waals surface area contributed by atoms with Gasteiger partial charge in [0.15, 0.2) is 0 Å². The fourth-order valence-corrected chi connectivity index (χ4v) is 2.01. The van der Waals surface area contributed by atoms with E-state index in [0.29, 0.717) is 0 Å². The number of halogens is 24. The third kappa shape index (κ3) is 618. The van der Waals surface area contributed by atoms with Gasteiger partial charge in [-0.25, -0.2) is 0 Å². The van der Waals surface area contributed by atoms with Crippen molar-refractivity contribution < 1.29 is 104 Å². The highest BCUT2D eigenvalue weighted by Gasteiger charge is 2.23. The van der Waals surface area contributed by atoms with Gasteiger partial charge >= 0.3 is 43.5 Å². The Morgan fingerprint density at radius 1 is 0.289 bits per heavy atom. The molecular weight excluding hydrogens is 636 g/mol. The van der Waals surface area contributed by atoms with Gasteiger partial charge in [0.1, 0.15) is 0 Å². The lowest BCUT2D eigenvalue weighted by molar-refractivity contribution is 0.366. The maximum Gasteiger partial charge on any atom is 0.673 e. The minimum absolute atomic E-state index is 0.412. The Hall–Kier alpha value is -0.860. The molecule has 0 aromatic rings. The van der Waals surface area contributed by atoms with E-state index < -0.39 is 50.8 Å². The maximum atomic E-state index is 9.75. The quantitative estimate of drug-likeness (QED) is 0.162. The van der Waals surface area contributed by atoms with Crippen molar-refractivity contribution >= 4 is 50.8 Å². The van der Waals surface area contributed by atoms with Crippen LogP contribution in [0.1, 0.15) is 20.8 Å². The molecule has 242 valence electrons. The fourth-order valence-electron chi connectivity index (χ4n) is 0.671. The molecule has 0 amide bonds. The van der Waals surface area contributed by atoms with Crippen LogP contribution in [0.4, 0.5) is 104 Å². The first kappa shape index (κ1) is 53.4. The van der Waals surface area contributed by atoms with Gasteiger partial charge in [-0.15, -0.1) is 0 Å². The topological polar surface area (TPSA) is 0 Å². The number of hydrogen-bond acceptors (Lipinski definition) is 0. The van der Waals surface area contributed by atoms with Gasteiger partial charge < -0.3 is 104 Å². The lowest BCUT2D eigenvalue weighted by Gasteiger charge is -2.16. The van der Waals surface area contributed by atoms with Crippen LogP contribution < -0.4 is 0 Å². The molecule has 0 aromatic heterocycles. The lowest BCUT2D eigenvalue weighted by atomic mass is 10.3. The second-order valence-corrected chi connectivity index (χ2v) is 10.7. The first-order chi connectivity index (χ1) is 15.7. The summed E-state index contributed by atoms with van der Waals surface area (Å²) in [4.78, 5) is 0. The van der Waals surface area contributed by atoms with E-state index in [1.165, 1.54) is 18.5 Å². The minimum Gasteiger partial charge on any atom is -0.418 e. The Bertz CT molecular complexity index is 348. The molecule has 0 saturated heterocycles. The first-order valence-electron chi connectivity index (χ1n) is 8.75. The summed E-state index contributed by atoms with van der Waals surface area (Å²) in [6.45, 7) is 9.43. The SMILES string of the molecule is CC[P+](C)(CC)CC.F[B-](F)(F)F.F[B-](F)(F)F.F[B-](F)(F)F.F[B-](F)(F)F.F[B-](F)(F)F.F[B-](F)(F)F. The van der Waals surface area contributed by atoms with Gasteiger partial charge in [0.05, 0.1) is 18.5 Å². The van der Waals surface area contributed by atoms with E-state index in [1.54, 1.807) is 0 Å². The molecule has 0 aliphatic heterocycles. The Morgan fingerprint density at radius 3 is 0.342 bits per heavy atom. The van der Waals surface area contributed by atoms with E-state index in [4.69, 9.17) is 0 Å². The largest absolute Gasteiger partial charge is 0.673 e. The maximum absolute atomic E-state index is 9.75. The van der Waals surface area contributed by atoms with Gasteiger partial charge in [0.25, 0.3) is 0 Å². The average Bonchev–Trinajstić information content (AvgIpc) is 2.44. The van der Waals surface area contributed by atoms with Crippen LogP contribution in [0.5, 0.6) is 0 Å². The van der Waals surface area contributed by atoms with Crippen LogP contribution >= 0.6 is 7.26 Å². The summed E-state index contributed by atoms with van der Waals surface area (Å²) < 4.78 is 234. The number of hydrogen-bond donors (Lipinski definition) is 0. The second-order valence-electron chi connectivity index (χ2n) is 5.54. The molecule has 38 heavy (non-hydrogen) atoms. The van der Waals surface area contributed by atoms with Crippen molar-refractivity contribution in [3.8, 4) is 0 Å². The monoisotopic (exact) mass is 655 g/mol. The third-order valence-electron chi connectivity index (χ3n) is 2.29. The van der Waals surface area contributed by atoms with E-state index in [0.717, 1.165) is 0 Å². The molecule has 0 bridgehead atoms. The summed E-state index contributed by atoms with van der Waals surface area (Å²) >= 11 is 0. The standard InChI is InChI=1S/C7H18P.6BF4/c1-5-8(4,6-2)7-3;6*2-1(3,4)5/h5-7H2,1-4H3;;;;;;/q+1;6*-1. The van der Waals surface area contributed by atoms with E-state index in [-0.39, 0.29) is 0 Å². The van der Waals surface area contributed by atoms with Gasteiger partial charge in [0.2, 0.25) is 0 Å². The van der Waals surface area contributed by atoms with E-state index in [1.807, 2.05) is 0 Å². The molecule has 0 unspecified atom stereocenters. The van der Waals surface area contributed by atoms with Crippen molar-refractivity contribution in [3.63, 3.8) is 0 Å². The molecule has 0 fully saturated rings. The molecule has 0 heterocycles. The van der Waals surface area contributed by atoms with Crippen LogP contribution in [0.15, 0.2) is 0 Å². The summed E-state index contributed by atoms with van der Waals surface area (Å²) in [5.41, 5.74) is 0. The smallest absolute Gasteiger partial charge is 0.418 e. The van der Waals surface area contributed by atoms with Crippen molar-refractivity contribution in [3.05, 3.63) is 0 Å². The Morgan fingerprint density at radius 2 is 0.342 bits per heavy atom. The summed E-state index contributed by atoms with van der Waals surface area (Å²) in [6, 6.07) is 0. The van der Waals surface area contributed by atoms with Crippen LogP contribution in [-0.4, -0.2) is 68.7 Å². The summed E-state index contributed by atoms with van der Waals surface area (Å²) in [5.74, 6) is 0. The van der Waals surface area contributed by atoms with E-state index in [2.05, 4.69) is 27.4 Å². The molecule has 0 spiro atoms. The van der Waals surface area contributed by atoms with Gasteiger partial charge in [0, 0.05) is 13.9 Å². The van der Waals surface area contributed by atoms with Crippen LogP contribution in [0, 0.1) is 0 Å². The molecule has 0 atom stereocenters. The van der Waals surface area contributed by atoms with Crippen molar-refractivity contribution in [2.75, 3.05) is 25.2 Å². The van der Waals surface area contributed by atoms with Crippen LogP contribution in [-0.2, 0) is 0 Å². The van der Waals surface area contributed by atoms with E-state index >= 15 is 0 Å². The second kappa shape index (κ2) is 22.9. The van der Waals surface area contributed by atoms with Crippen LogP contribution in [0.3, 0.4) is 0 Å². The molecule has 0 aliphatic carbocycles. The third-order valence-corrected chi connectivity index (χ3v) is 6.87. The van der Waals surface area contributed by atoms with Crippen molar-refractivity contribution in [1.29, 1.82) is 0 Å². The lowest BCUT2D eigenvalue weighted by Crippen LogP contribution is -2.02. The molecule has 0 aliphatic rings. The zero-order chi connectivity index (χ0) is 33.6. The highest BCUT2D eigenvalue weighted by molar-refractivity contribution is 7.75. The molecule has 0 aromatic carbocycles. The summed E-state index contributed by atoms with van der Waals surface area (Å²) in [6.07, 6.45) is 4.29.